The third kappa shape index (κ3) is 4.77. The number of amides is 1. The van der Waals surface area contributed by atoms with E-state index in [1.165, 1.54) is 0 Å². The van der Waals surface area contributed by atoms with Gasteiger partial charge in [-0.2, -0.15) is 18.3 Å². The molecule has 0 atom stereocenters. The predicted octanol–water partition coefficient (Wildman–Crippen LogP) is 4.21. The van der Waals surface area contributed by atoms with Gasteiger partial charge in [0.05, 0.1) is 11.8 Å². The summed E-state index contributed by atoms with van der Waals surface area (Å²) in [4.78, 5) is 20.9. The molecule has 29 heavy (non-hydrogen) atoms. The lowest BCUT2D eigenvalue weighted by Gasteiger charge is -2.11. The van der Waals surface area contributed by atoms with Gasteiger partial charge < -0.3 is 10.6 Å². The van der Waals surface area contributed by atoms with Gasteiger partial charge in [0.1, 0.15) is 11.0 Å². The molecule has 2 heterocycles. The average Bonchev–Trinajstić information content (AvgIpc) is 2.68. The number of aryl methyl sites for hydroxylation is 1. The summed E-state index contributed by atoms with van der Waals surface area (Å²) >= 11 is 6.02. The van der Waals surface area contributed by atoms with E-state index in [0.717, 1.165) is 5.56 Å². The van der Waals surface area contributed by atoms with Gasteiger partial charge in [-0.15, -0.1) is 5.10 Å². The van der Waals surface area contributed by atoms with Crippen LogP contribution >= 0.6 is 11.6 Å². The molecule has 0 saturated carbocycles. The second-order valence-electron chi connectivity index (χ2n) is 5.96. The van der Waals surface area contributed by atoms with Crippen molar-refractivity contribution in [3.05, 3.63) is 58.5 Å². The zero-order valence-corrected chi connectivity index (χ0v) is 15.9. The van der Waals surface area contributed by atoms with Gasteiger partial charge in [-0.05, 0) is 30.7 Å². The molecule has 0 radical (unpaired) electrons. The maximum Gasteiger partial charge on any atom is 0.418 e. The van der Waals surface area contributed by atoms with Crippen molar-refractivity contribution < 1.29 is 18.0 Å². The van der Waals surface area contributed by atoms with E-state index in [1.807, 2.05) is 6.92 Å². The highest BCUT2D eigenvalue weighted by molar-refractivity contribution is 6.29. The Morgan fingerprint density at radius 3 is 2.59 bits per heavy atom. The molecule has 1 amide bonds. The van der Waals surface area contributed by atoms with Crippen LogP contribution in [0.2, 0.25) is 5.15 Å². The number of carbonyl (C=O) groups excluding carboxylic acids is 1. The molecule has 0 fully saturated rings. The summed E-state index contributed by atoms with van der Waals surface area (Å²) in [5.74, 6) is 0.00344. The molecule has 0 aliphatic carbocycles. The van der Waals surface area contributed by atoms with Crippen molar-refractivity contribution in [3.63, 3.8) is 0 Å². The van der Waals surface area contributed by atoms with Gasteiger partial charge >= 0.3 is 6.18 Å². The van der Waals surface area contributed by atoms with E-state index < -0.39 is 23.3 Å². The average molecular weight is 423 g/mol. The molecule has 0 aliphatic heterocycles. The van der Waals surface area contributed by atoms with Gasteiger partial charge in [-0.25, -0.2) is 9.97 Å². The predicted molar refractivity (Wildman–Crippen MR) is 102 cm³/mol. The molecule has 150 valence electrons. The number of benzene rings is 1. The van der Waals surface area contributed by atoms with E-state index in [0.29, 0.717) is 35.2 Å². The number of nitrogens with zero attached hydrogens (tertiary/aromatic N) is 4. The van der Waals surface area contributed by atoms with E-state index in [2.05, 4.69) is 30.8 Å². The third-order valence-corrected chi connectivity index (χ3v) is 4.10. The zero-order chi connectivity index (χ0) is 21.2. The Balaban J connectivity index is 1.91. The minimum atomic E-state index is -4.63. The van der Waals surface area contributed by atoms with Crippen LogP contribution in [0.4, 0.5) is 24.7 Å². The summed E-state index contributed by atoms with van der Waals surface area (Å²) in [6, 6.07) is 7.10. The topological polar surface area (TPSA) is 92.7 Å². The number of carbonyl (C=O) groups is 1. The van der Waals surface area contributed by atoms with Crippen LogP contribution in [0.5, 0.6) is 0 Å². The van der Waals surface area contributed by atoms with E-state index in [9.17, 15) is 18.0 Å². The van der Waals surface area contributed by atoms with Crippen LogP contribution in [0.25, 0.3) is 11.4 Å². The first kappa shape index (κ1) is 20.5. The minimum absolute atomic E-state index is 0.229. The molecule has 0 bridgehead atoms. The van der Waals surface area contributed by atoms with Gasteiger partial charge in [0, 0.05) is 24.4 Å². The SMILES string of the molecule is CNc1cc(Cl)nc(-c2cc(NC(=O)c3cc(C(F)(F)F)cnn3)ccc2C)n1. The molecule has 0 aliphatic rings. The molecular formula is C18H14ClF3N6O. The van der Waals surface area contributed by atoms with Crippen molar-refractivity contribution in [2.45, 2.75) is 13.1 Å². The number of aromatic nitrogens is 4. The van der Waals surface area contributed by atoms with Crippen molar-refractivity contribution in [2.24, 2.45) is 0 Å². The van der Waals surface area contributed by atoms with E-state index in [4.69, 9.17) is 11.6 Å². The molecule has 0 spiro atoms. The Hall–Kier alpha value is -3.27. The molecule has 2 aromatic heterocycles. The molecule has 3 rings (SSSR count). The zero-order valence-electron chi connectivity index (χ0n) is 15.2. The Bertz CT molecular complexity index is 1070. The summed E-state index contributed by atoms with van der Waals surface area (Å²) < 4.78 is 38.4. The van der Waals surface area contributed by atoms with Crippen LogP contribution in [0, 0.1) is 6.92 Å². The summed E-state index contributed by atoms with van der Waals surface area (Å²) in [7, 11) is 1.68. The summed E-state index contributed by atoms with van der Waals surface area (Å²) in [6.07, 6.45) is -4.08. The first-order valence-corrected chi connectivity index (χ1v) is 8.60. The lowest BCUT2D eigenvalue weighted by atomic mass is 10.1. The Kier molecular flexibility index (Phi) is 5.64. The quantitative estimate of drug-likeness (QED) is 0.612. The van der Waals surface area contributed by atoms with Gasteiger partial charge in [0.15, 0.2) is 11.5 Å². The van der Waals surface area contributed by atoms with Crippen molar-refractivity contribution in [1.82, 2.24) is 20.2 Å². The normalized spacial score (nSPS) is 11.2. The first-order chi connectivity index (χ1) is 13.7. The van der Waals surface area contributed by atoms with E-state index >= 15 is 0 Å². The van der Waals surface area contributed by atoms with Crippen LogP contribution in [-0.4, -0.2) is 33.1 Å². The number of hydrogen-bond donors (Lipinski definition) is 2. The number of anilines is 2. The fourth-order valence-corrected chi connectivity index (χ4v) is 2.62. The van der Waals surface area contributed by atoms with Crippen molar-refractivity contribution in [1.29, 1.82) is 0 Å². The van der Waals surface area contributed by atoms with Crippen LogP contribution in [-0.2, 0) is 6.18 Å². The van der Waals surface area contributed by atoms with Gasteiger partial charge in [-0.1, -0.05) is 17.7 Å². The van der Waals surface area contributed by atoms with Crippen molar-refractivity contribution >= 4 is 29.0 Å². The van der Waals surface area contributed by atoms with E-state index in [1.54, 1.807) is 31.3 Å². The fourth-order valence-electron chi connectivity index (χ4n) is 2.43. The van der Waals surface area contributed by atoms with Gasteiger partial charge in [0.2, 0.25) is 0 Å². The smallest absolute Gasteiger partial charge is 0.373 e. The number of alkyl halides is 3. The number of rotatable bonds is 4. The van der Waals surface area contributed by atoms with Crippen LogP contribution in [0.1, 0.15) is 21.6 Å². The Morgan fingerprint density at radius 1 is 1.14 bits per heavy atom. The lowest BCUT2D eigenvalue weighted by molar-refractivity contribution is -0.137. The largest absolute Gasteiger partial charge is 0.418 e. The highest BCUT2D eigenvalue weighted by Crippen LogP contribution is 2.29. The Labute approximate surface area is 168 Å². The molecule has 11 heteroatoms. The number of nitrogens with one attached hydrogen (secondary N) is 2. The second kappa shape index (κ2) is 8.00. The van der Waals surface area contributed by atoms with Crippen molar-refractivity contribution in [2.75, 3.05) is 17.7 Å². The fraction of sp³-hybridized carbons (Fsp3) is 0.167. The lowest BCUT2D eigenvalue weighted by Crippen LogP contribution is -2.16. The maximum absolute atomic E-state index is 12.8. The molecular weight excluding hydrogens is 409 g/mol. The number of hydrogen-bond acceptors (Lipinski definition) is 6. The molecule has 1 aromatic carbocycles. The molecule has 0 saturated heterocycles. The number of halogens is 4. The molecule has 3 aromatic rings. The Morgan fingerprint density at radius 2 is 1.90 bits per heavy atom. The van der Waals surface area contributed by atoms with Crippen molar-refractivity contribution in [3.8, 4) is 11.4 Å². The third-order valence-electron chi connectivity index (χ3n) is 3.90. The standard InChI is InChI=1S/C18H14ClF3N6O/c1-9-3-4-11(6-12(9)16-26-14(19)7-15(23-2)27-16)25-17(29)13-5-10(8-24-28-13)18(20,21)22/h3-8H,1-2H3,(H,25,29)(H,23,26,27). The summed E-state index contributed by atoms with van der Waals surface area (Å²) in [5.41, 5.74) is 0.208. The van der Waals surface area contributed by atoms with Crippen LogP contribution in [0.3, 0.4) is 0 Å². The highest BCUT2D eigenvalue weighted by Gasteiger charge is 2.32. The highest BCUT2D eigenvalue weighted by atomic mass is 35.5. The van der Waals surface area contributed by atoms with Crippen LogP contribution in [0.15, 0.2) is 36.5 Å². The monoisotopic (exact) mass is 422 g/mol. The minimum Gasteiger partial charge on any atom is -0.373 e. The molecule has 7 nitrogen and oxygen atoms in total. The van der Waals surface area contributed by atoms with Crippen LogP contribution < -0.4 is 10.6 Å². The second-order valence-corrected chi connectivity index (χ2v) is 6.35. The maximum atomic E-state index is 12.8. The van der Waals surface area contributed by atoms with Gasteiger partial charge in [-0.3, -0.25) is 4.79 Å². The molecule has 0 unspecified atom stereocenters. The first-order valence-electron chi connectivity index (χ1n) is 8.22. The summed E-state index contributed by atoms with van der Waals surface area (Å²) in [6.45, 7) is 1.82. The van der Waals surface area contributed by atoms with E-state index in [-0.39, 0.29) is 5.15 Å². The van der Waals surface area contributed by atoms with Gasteiger partial charge in [0.25, 0.3) is 5.91 Å². The molecule has 2 N–H and O–H groups in total. The summed E-state index contributed by atoms with van der Waals surface area (Å²) in [5, 5.41) is 12.3.